The molecule has 0 saturated carbocycles. The molecule has 0 radical (unpaired) electrons. The number of rotatable bonds is 5. The molecule has 0 aliphatic rings. The van der Waals surface area contributed by atoms with Crippen LogP contribution >= 0.6 is 0 Å². The Hall–Kier alpha value is -4.07. The molecule has 0 saturated heterocycles. The van der Waals surface area contributed by atoms with E-state index in [1.807, 2.05) is 67.6 Å². The third-order valence-electron chi connectivity index (χ3n) is 4.54. The van der Waals surface area contributed by atoms with Crippen LogP contribution in [0.25, 0.3) is 22.4 Å². The first kappa shape index (κ1) is 17.1. The summed E-state index contributed by atoms with van der Waals surface area (Å²) in [6, 6.07) is 19.7. The number of fused-ring (bicyclic) bond motifs is 3. The second-order valence-electron chi connectivity index (χ2n) is 6.49. The fourth-order valence-electron chi connectivity index (χ4n) is 3.10. The fourth-order valence-corrected chi connectivity index (χ4v) is 3.10. The van der Waals surface area contributed by atoms with Crippen LogP contribution in [0.5, 0.6) is 0 Å². The second kappa shape index (κ2) is 7.16. The van der Waals surface area contributed by atoms with Crippen molar-refractivity contribution < 1.29 is 4.84 Å². The first-order valence-electron chi connectivity index (χ1n) is 9.15. The van der Waals surface area contributed by atoms with E-state index in [1.54, 1.807) is 21.7 Å². The lowest BCUT2D eigenvalue weighted by Gasteiger charge is -2.01. The summed E-state index contributed by atoms with van der Waals surface area (Å²) in [6.45, 7) is 2.07. The topological polar surface area (TPSA) is 82.5 Å². The number of oxime groups is 1. The minimum atomic E-state index is 0.167. The Morgan fingerprint density at radius 2 is 1.76 bits per heavy atom. The van der Waals surface area contributed by atoms with Crippen LogP contribution in [0.3, 0.4) is 0 Å². The maximum Gasteiger partial charge on any atom is 0.192 e. The maximum absolute atomic E-state index is 5.46. The Morgan fingerprint density at radius 3 is 2.55 bits per heavy atom. The summed E-state index contributed by atoms with van der Waals surface area (Å²) in [5.74, 6) is 0.524. The third-order valence-corrected chi connectivity index (χ3v) is 4.54. The van der Waals surface area contributed by atoms with Crippen LogP contribution in [0.2, 0.25) is 0 Å². The number of aromatic nitrogens is 6. The molecule has 29 heavy (non-hydrogen) atoms. The summed E-state index contributed by atoms with van der Waals surface area (Å²) in [7, 11) is 0. The molecule has 0 aliphatic heterocycles. The molecule has 8 heteroatoms. The van der Waals surface area contributed by atoms with Crippen LogP contribution in [0.4, 0.5) is 0 Å². The predicted octanol–water partition coefficient (Wildman–Crippen LogP) is 3.40. The largest absolute Gasteiger partial charge is 0.387 e. The first-order chi connectivity index (χ1) is 14.3. The van der Waals surface area contributed by atoms with Gasteiger partial charge in [0.25, 0.3) is 0 Å². The third kappa shape index (κ3) is 3.20. The SMILES string of the molecule is CC(=NOCc1nc2c3cnn(-c4ccccc4)c3ncn2n1)c1ccccc1. The normalized spacial score (nSPS) is 12.0. The van der Waals surface area contributed by atoms with E-state index in [1.165, 1.54) is 0 Å². The maximum atomic E-state index is 5.46. The Kier molecular flexibility index (Phi) is 4.21. The Morgan fingerprint density at radius 1 is 1.00 bits per heavy atom. The van der Waals surface area contributed by atoms with E-state index in [0.29, 0.717) is 11.5 Å². The second-order valence-corrected chi connectivity index (χ2v) is 6.49. The number of para-hydroxylation sites is 1. The van der Waals surface area contributed by atoms with E-state index >= 15 is 0 Å². The van der Waals surface area contributed by atoms with Gasteiger partial charge in [0.15, 0.2) is 23.7 Å². The average Bonchev–Trinajstić information content (AvgIpc) is 3.38. The summed E-state index contributed by atoms with van der Waals surface area (Å²) >= 11 is 0. The van der Waals surface area contributed by atoms with Gasteiger partial charge in [-0.3, -0.25) is 0 Å². The summed E-state index contributed by atoms with van der Waals surface area (Å²) in [6.07, 6.45) is 3.38. The van der Waals surface area contributed by atoms with Crippen LogP contribution in [-0.2, 0) is 11.4 Å². The van der Waals surface area contributed by atoms with Gasteiger partial charge >= 0.3 is 0 Å². The molecular formula is C21H17N7O. The quantitative estimate of drug-likeness (QED) is 0.343. The molecule has 0 N–H and O–H groups in total. The molecule has 5 rings (SSSR count). The van der Waals surface area contributed by atoms with Gasteiger partial charge in [0.2, 0.25) is 0 Å². The van der Waals surface area contributed by atoms with Crippen molar-refractivity contribution in [3.63, 3.8) is 0 Å². The van der Waals surface area contributed by atoms with Gasteiger partial charge in [-0.25, -0.2) is 19.2 Å². The Balaban J connectivity index is 1.42. The molecule has 0 unspecified atom stereocenters. The van der Waals surface area contributed by atoms with Gasteiger partial charge in [0.1, 0.15) is 6.33 Å². The van der Waals surface area contributed by atoms with Gasteiger partial charge in [0.05, 0.1) is 23.0 Å². The van der Waals surface area contributed by atoms with E-state index < -0.39 is 0 Å². The molecule has 8 nitrogen and oxygen atoms in total. The molecule has 0 atom stereocenters. The van der Waals surface area contributed by atoms with Gasteiger partial charge in [-0.15, -0.1) is 5.10 Å². The van der Waals surface area contributed by atoms with Crippen molar-refractivity contribution in [2.24, 2.45) is 5.16 Å². The van der Waals surface area contributed by atoms with Crippen molar-refractivity contribution in [2.75, 3.05) is 0 Å². The standard InChI is InChI=1S/C21H17N7O/c1-15(16-8-4-2-5-9-16)26-29-13-19-24-21-18-12-23-28(17-10-6-3-7-11-17)20(18)22-14-27(21)25-19/h2-12,14H,13H2,1H3. The highest BCUT2D eigenvalue weighted by atomic mass is 16.6. The molecule has 3 aromatic heterocycles. The van der Waals surface area contributed by atoms with Crippen LogP contribution in [0, 0.1) is 0 Å². The number of hydrogen-bond acceptors (Lipinski definition) is 6. The van der Waals surface area contributed by atoms with Crippen LogP contribution in [0.15, 0.2) is 78.3 Å². The summed E-state index contributed by atoms with van der Waals surface area (Å²) < 4.78 is 3.42. The number of benzene rings is 2. The van der Waals surface area contributed by atoms with E-state index in [4.69, 9.17) is 4.84 Å². The van der Waals surface area contributed by atoms with Crippen molar-refractivity contribution in [3.8, 4) is 5.69 Å². The van der Waals surface area contributed by atoms with E-state index in [2.05, 4.69) is 25.3 Å². The van der Waals surface area contributed by atoms with Crippen molar-refractivity contribution in [2.45, 2.75) is 13.5 Å². The van der Waals surface area contributed by atoms with Gasteiger partial charge in [-0.2, -0.15) is 5.10 Å². The van der Waals surface area contributed by atoms with Crippen LogP contribution < -0.4 is 0 Å². The lowest BCUT2D eigenvalue weighted by Crippen LogP contribution is -1.98. The molecule has 0 fully saturated rings. The minimum Gasteiger partial charge on any atom is -0.387 e. The number of hydrogen-bond donors (Lipinski definition) is 0. The van der Waals surface area contributed by atoms with Gasteiger partial charge in [-0.1, -0.05) is 53.7 Å². The molecule has 0 amide bonds. The molecule has 2 aromatic carbocycles. The molecule has 0 bridgehead atoms. The highest BCUT2D eigenvalue weighted by Crippen LogP contribution is 2.19. The summed E-state index contributed by atoms with van der Waals surface area (Å²) in [5.41, 5.74) is 4.14. The Labute approximate surface area is 166 Å². The lowest BCUT2D eigenvalue weighted by molar-refractivity contribution is 0.125. The zero-order valence-electron chi connectivity index (χ0n) is 15.7. The summed E-state index contributed by atoms with van der Waals surface area (Å²) in [4.78, 5) is 14.5. The highest BCUT2D eigenvalue weighted by molar-refractivity contribution is 5.98. The van der Waals surface area contributed by atoms with Crippen LogP contribution in [0.1, 0.15) is 18.3 Å². The summed E-state index contributed by atoms with van der Waals surface area (Å²) in [5, 5.41) is 13.9. The first-order valence-corrected chi connectivity index (χ1v) is 9.15. The molecule has 5 aromatic rings. The Bertz CT molecular complexity index is 1310. The van der Waals surface area contributed by atoms with E-state index in [9.17, 15) is 0 Å². The van der Waals surface area contributed by atoms with E-state index in [-0.39, 0.29) is 6.61 Å². The molecular weight excluding hydrogens is 366 g/mol. The zero-order chi connectivity index (χ0) is 19.6. The fraction of sp³-hybridized carbons (Fsp3) is 0.0952. The smallest absolute Gasteiger partial charge is 0.192 e. The van der Waals surface area contributed by atoms with Gasteiger partial charge in [0, 0.05) is 0 Å². The monoisotopic (exact) mass is 383 g/mol. The van der Waals surface area contributed by atoms with Crippen molar-refractivity contribution >= 4 is 22.4 Å². The highest BCUT2D eigenvalue weighted by Gasteiger charge is 2.13. The van der Waals surface area contributed by atoms with Gasteiger partial charge in [-0.05, 0) is 24.6 Å². The van der Waals surface area contributed by atoms with Crippen LogP contribution in [-0.4, -0.2) is 35.1 Å². The molecule has 3 heterocycles. The molecule has 142 valence electrons. The molecule has 0 aliphatic carbocycles. The zero-order valence-corrected chi connectivity index (χ0v) is 15.7. The van der Waals surface area contributed by atoms with E-state index in [0.717, 1.165) is 28.0 Å². The minimum absolute atomic E-state index is 0.167. The lowest BCUT2D eigenvalue weighted by atomic mass is 10.1. The van der Waals surface area contributed by atoms with Crippen molar-refractivity contribution in [3.05, 3.63) is 84.6 Å². The number of nitrogens with zero attached hydrogens (tertiary/aromatic N) is 7. The van der Waals surface area contributed by atoms with Crippen molar-refractivity contribution in [1.29, 1.82) is 0 Å². The predicted molar refractivity (Wildman–Crippen MR) is 109 cm³/mol. The average molecular weight is 383 g/mol. The molecule has 0 spiro atoms. The van der Waals surface area contributed by atoms with Gasteiger partial charge < -0.3 is 4.84 Å². The van der Waals surface area contributed by atoms with Crippen molar-refractivity contribution in [1.82, 2.24) is 29.4 Å².